The van der Waals surface area contributed by atoms with Crippen molar-refractivity contribution < 1.29 is 24.2 Å². The Kier molecular flexibility index (Phi) is 15.6. The Morgan fingerprint density at radius 1 is 0.974 bits per heavy atom. The number of nitrogens with one attached hydrogen (secondary N) is 2. The molecule has 1 rings (SSSR count). The van der Waals surface area contributed by atoms with Gasteiger partial charge < -0.3 is 25.4 Å². The smallest absolute Gasteiger partial charge is 0.408 e. The van der Waals surface area contributed by atoms with E-state index in [1.54, 1.807) is 43.9 Å². The first-order chi connectivity index (χ1) is 18.4. The highest BCUT2D eigenvalue weighted by Gasteiger charge is 2.36. The van der Waals surface area contributed by atoms with E-state index >= 15 is 0 Å². The summed E-state index contributed by atoms with van der Waals surface area (Å²) in [5, 5.41) is 16.0. The van der Waals surface area contributed by atoms with Crippen LogP contribution in [0.5, 0.6) is 5.75 Å². The summed E-state index contributed by atoms with van der Waals surface area (Å²) < 4.78 is 5.46. The zero-order valence-electron chi connectivity index (χ0n) is 25.3. The maximum absolute atomic E-state index is 14.2. The van der Waals surface area contributed by atoms with Gasteiger partial charge in [0.1, 0.15) is 23.4 Å². The molecule has 2 atom stereocenters. The van der Waals surface area contributed by atoms with Crippen molar-refractivity contribution in [1.29, 1.82) is 0 Å². The first-order valence-electron chi connectivity index (χ1n) is 14.8. The van der Waals surface area contributed by atoms with E-state index in [1.807, 2.05) is 20.8 Å². The second-order valence-electron chi connectivity index (χ2n) is 11.8. The molecule has 0 aliphatic heterocycles. The average molecular weight is 548 g/mol. The van der Waals surface area contributed by atoms with Crippen LogP contribution in [0.15, 0.2) is 24.3 Å². The van der Waals surface area contributed by atoms with E-state index in [0.29, 0.717) is 25.1 Å². The molecule has 0 aliphatic rings. The van der Waals surface area contributed by atoms with Crippen LogP contribution in [0.4, 0.5) is 4.79 Å². The molecule has 0 saturated heterocycles. The van der Waals surface area contributed by atoms with E-state index in [0.717, 1.165) is 44.9 Å². The van der Waals surface area contributed by atoms with Crippen LogP contribution < -0.4 is 10.6 Å². The topological polar surface area (TPSA) is 108 Å². The zero-order chi connectivity index (χ0) is 29.4. The number of alkyl carbamates (subject to hydrolysis) is 1. The van der Waals surface area contributed by atoms with Gasteiger partial charge >= 0.3 is 6.09 Å². The van der Waals surface area contributed by atoms with E-state index in [2.05, 4.69) is 17.6 Å². The van der Waals surface area contributed by atoms with Crippen molar-refractivity contribution in [2.45, 2.75) is 124 Å². The van der Waals surface area contributed by atoms with Crippen LogP contribution in [0.3, 0.4) is 0 Å². The van der Waals surface area contributed by atoms with Crippen molar-refractivity contribution >= 4 is 17.9 Å². The van der Waals surface area contributed by atoms with Gasteiger partial charge in [-0.1, -0.05) is 78.4 Å². The molecule has 0 aromatic heterocycles. The molecule has 1 aromatic carbocycles. The molecule has 1 aromatic rings. The van der Waals surface area contributed by atoms with Crippen molar-refractivity contribution in [1.82, 2.24) is 15.5 Å². The molecule has 39 heavy (non-hydrogen) atoms. The third-order valence-corrected chi connectivity index (χ3v) is 6.31. The number of ether oxygens (including phenoxy) is 1. The number of nitrogens with zero attached hydrogens (tertiary/aromatic N) is 1. The third-order valence-electron chi connectivity index (χ3n) is 6.31. The van der Waals surface area contributed by atoms with Crippen LogP contribution in [0.25, 0.3) is 0 Å². The second kappa shape index (κ2) is 17.7. The van der Waals surface area contributed by atoms with Gasteiger partial charge in [0.05, 0.1) is 0 Å². The van der Waals surface area contributed by atoms with Gasteiger partial charge in [-0.05, 0) is 63.6 Å². The molecule has 8 heteroatoms. The largest absolute Gasteiger partial charge is 0.508 e. The number of carbonyl (C=O) groups is 3. The van der Waals surface area contributed by atoms with Crippen molar-refractivity contribution in [3.8, 4) is 5.75 Å². The molecule has 3 N–H and O–H groups in total. The van der Waals surface area contributed by atoms with Crippen molar-refractivity contribution in [3.63, 3.8) is 0 Å². The van der Waals surface area contributed by atoms with Gasteiger partial charge in [-0.15, -0.1) is 0 Å². The molecule has 0 spiro atoms. The summed E-state index contributed by atoms with van der Waals surface area (Å²) in [5.74, 6) is -0.491. The molecule has 8 nitrogen and oxygen atoms in total. The molecule has 0 fully saturated rings. The molecule has 2 unspecified atom stereocenters. The standard InChI is InChI=1S/C31H53N3O5/c1-8-10-12-13-14-15-20-34(29(37)26(21-23(3)4)33-30(38)39-31(5,6)7)27(28(36)32-19-11-9-2)24-17-16-18-25(35)22-24/h16-18,22-23,26-27,35H,8-15,19-21H2,1-7H3,(H,32,36)(H,33,38). The molecule has 0 saturated carbocycles. The maximum Gasteiger partial charge on any atom is 0.408 e. The third kappa shape index (κ3) is 13.7. The maximum atomic E-state index is 14.2. The van der Waals surface area contributed by atoms with Crippen molar-refractivity contribution in [3.05, 3.63) is 29.8 Å². The number of carbonyl (C=O) groups excluding carboxylic acids is 3. The summed E-state index contributed by atoms with van der Waals surface area (Å²) in [7, 11) is 0. The number of phenolic OH excluding ortho intramolecular Hbond substituents is 1. The highest BCUT2D eigenvalue weighted by Crippen LogP contribution is 2.27. The van der Waals surface area contributed by atoms with Crippen LogP contribution in [0, 0.1) is 5.92 Å². The zero-order valence-corrected chi connectivity index (χ0v) is 25.3. The fourth-order valence-electron chi connectivity index (χ4n) is 4.42. The number of rotatable bonds is 17. The Balaban J connectivity index is 3.40. The molecule has 0 heterocycles. The number of amides is 3. The van der Waals surface area contributed by atoms with Gasteiger partial charge in [-0.3, -0.25) is 9.59 Å². The molecule has 222 valence electrons. The molecule has 0 radical (unpaired) electrons. The first kappa shape index (κ1) is 34.3. The summed E-state index contributed by atoms with van der Waals surface area (Å²) in [5.41, 5.74) is -0.180. The lowest BCUT2D eigenvalue weighted by Gasteiger charge is -2.35. The van der Waals surface area contributed by atoms with Crippen LogP contribution in [-0.2, 0) is 14.3 Å². The summed E-state index contributed by atoms with van der Waals surface area (Å²) in [6, 6.07) is 4.71. The number of aromatic hydroxyl groups is 1. The predicted molar refractivity (Wildman–Crippen MR) is 156 cm³/mol. The molecule has 3 amide bonds. The number of benzene rings is 1. The Hall–Kier alpha value is -2.77. The van der Waals surface area contributed by atoms with Gasteiger partial charge in [0.25, 0.3) is 0 Å². The van der Waals surface area contributed by atoms with Crippen LogP contribution in [0.2, 0.25) is 0 Å². The molecular formula is C31H53N3O5. The number of hydrogen-bond acceptors (Lipinski definition) is 5. The lowest BCUT2D eigenvalue weighted by Crippen LogP contribution is -2.53. The quantitative estimate of drug-likeness (QED) is 0.194. The van der Waals surface area contributed by atoms with Gasteiger partial charge in [0.15, 0.2) is 0 Å². The van der Waals surface area contributed by atoms with Crippen molar-refractivity contribution in [2.24, 2.45) is 5.92 Å². The second-order valence-corrected chi connectivity index (χ2v) is 11.8. The van der Waals surface area contributed by atoms with Gasteiger partial charge in [0, 0.05) is 13.1 Å². The summed E-state index contributed by atoms with van der Waals surface area (Å²) in [4.78, 5) is 42.1. The van der Waals surface area contributed by atoms with Gasteiger partial charge in [-0.2, -0.15) is 0 Å². The fraction of sp³-hybridized carbons (Fsp3) is 0.710. The minimum Gasteiger partial charge on any atom is -0.508 e. The van der Waals surface area contributed by atoms with E-state index in [-0.39, 0.29) is 23.5 Å². The minimum atomic E-state index is -0.938. The lowest BCUT2D eigenvalue weighted by atomic mass is 9.98. The van der Waals surface area contributed by atoms with Crippen molar-refractivity contribution in [2.75, 3.05) is 13.1 Å². The number of phenols is 1. The Morgan fingerprint density at radius 3 is 2.21 bits per heavy atom. The van der Waals surface area contributed by atoms with Gasteiger partial charge in [0.2, 0.25) is 11.8 Å². The monoisotopic (exact) mass is 547 g/mol. The minimum absolute atomic E-state index is 0.0245. The number of hydrogen-bond donors (Lipinski definition) is 3. The molecule has 0 bridgehead atoms. The fourth-order valence-corrected chi connectivity index (χ4v) is 4.42. The Bertz CT molecular complexity index is 881. The van der Waals surface area contributed by atoms with Crippen LogP contribution >= 0.6 is 0 Å². The average Bonchev–Trinajstić information content (AvgIpc) is 2.83. The highest BCUT2D eigenvalue weighted by molar-refractivity contribution is 5.92. The SMILES string of the molecule is CCCCCCCCN(C(=O)C(CC(C)C)NC(=O)OC(C)(C)C)C(C(=O)NCCCC)c1cccc(O)c1. The van der Waals surface area contributed by atoms with E-state index in [1.165, 1.54) is 12.5 Å². The van der Waals surface area contributed by atoms with Crippen LogP contribution in [-0.4, -0.2) is 52.6 Å². The van der Waals surface area contributed by atoms with E-state index in [4.69, 9.17) is 4.74 Å². The first-order valence-corrected chi connectivity index (χ1v) is 14.8. The summed E-state index contributed by atoms with van der Waals surface area (Å²) >= 11 is 0. The van der Waals surface area contributed by atoms with Gasteiger partial charge in [-0.25, -0.2) is 4.79 Å². The normalized spacial score (nSPS) is 13.0. The summed E-state index contributed by atoms with van der Waals surface area (Å²) in [6.07, 6.45) is 7.65. The highest BCUT2D eigenvalue weighted by atomic mass is 16.6. The summed E-state index contributed by atoms with van der Waals surface area (Å²) in [6.45, 7) is 14.4. The molecule has 0 aliphatic carbocycles. The lowest BCUT2D eigenvalue weighted by molar-refractivity contribution is -0.143. The Labute approximate surface area is 236 Å². The van der Waals surface area contributed by atoms with Crippen LogP contribution in [0.1, 0.15) is 118 Å². The predicted octanol–water partition coefficient (Wildman–Crippen LogP) is 6.48. The van der Waals surface area contributed by atoms with E-state index < -0.39 is 23.8 Å². The molecular weight excluding hydrogens is 494 g/mol. The van der Waals surface area contributed by atoms with E-state index in [9.17, 15) is 19.5 Å². The number of unbranched alkanes of at least 4 members (excludes halogenated alkanes) is 6. The Morgan fingerprint density at radius 2 is 1.62 bits per heavy atom.